The minimum atomic E-state index is 0.652. The molecule has 0 aliphatic heterocycles. The van der Waals surface area contributed by atoms with Gasteiger partial charge < -0.3 is 9.47 Å². The maximum atomic E-state index is 5.21. The van der Waals surface area contributed by atoms with Crippen LogP contribution in [0.4, 0.5) is 0 Å². The number of benzene rings is 1. The van der Waals surface area contributed by atoms with Crippen molar-refractivity contribution in [3.8, 4) is 35.6 Å². The van der Waals surface area contributed by atoms with Gasteiger partial charge in [0.2, 0.25) is 0 Å². The molecule has 1 aromatic rings. The normalized spacial score (nSPS) is 8.19. The number of halogens is 1. The van der Waals surface area contributed by atoms with Gasteiger partial charge in [-0.15, -0.1) is 0 Å². The Hall–Kier alpha value is -1.58. The molecule has 0 saturated carbocycles. The Labute approximate surface area is 104 Å². The van der Waals surface area contributed by atoms with Crippen LogP contribution in [0.25, 0.3) is 0 Å². The Morgan fingerprint density at radius 2 is 1.50 bits per heavy atom. The predicted octanol–water partition coefficient (Wildman–Crippen LogP) is 3.30. The molecule has 0 spiro atoms. The Balaban J connectivity index is 2.96. The van der Waals surface area contributed by atoms with E-state index < -0.39 is 0 Å². The standard InChI is InChI=1S/C13H11BrO2/c1-3-5-15-12-7-11(10-14)8-13(9-12)16-6-4-2/h7-9H,10H2,1-2H3. The average molecular weight is 279 g/mol. The van der Waals surface area contributed by atoms with Crippen LogP contribution in [0.15, 0.2) is 18.2 Å². The Morgan fingerprint density at radius 3 is 1.88 bits per heavy atom. The van der Waals surface area contributed by atoms with Crippen LogP contribution < -0.4 is 9.47 Å². The van der Waals surface area contributed by atoms with Crippen molar-refractivity contribution in [3.05, 3.63) is 23.8 Å². The van der Waals surface area contributed by atoms with E-state index in [1.165, 1.54) is 0 Å². The first-order chi connectivity index (χ1) is 7.80. The maximum absolute atomic E-state index is 5.21. The summed E-state index contributed by atoms with van der Waals surface area (Å²) >= 11 is 3.38. The van der Waals surface area contributed by atoms with E-state index in [9.17, 15) is 0 Å². The van der Waals surface area contributed by atoms with Gasteiger partial charge in [-0.3, -0.25) is 0 Å². The van der Waals surface area contributed by atoms with Gasteiger partial charge in [0.05, 0.1) is 0 Å². The minimum absolute atomic E-state index is 0.652. The zero-order valence-corrected chi connectivity index (χ0v) is 10.7. The third-order valence-electron chi connectivity index (χ3n) is 1.64. The van der Waals surface area contributed by atoms with E-state index in [1.54, 1.807) is 19.9 Å². The molecule has 0 aliphatic rings. The first-order valence-corrected chi connectivity index (χ1v) is 5.79. The molecule has 0 amide bonds. The van der Waals surface area contributed by atoms with E-state index in [-0.39, 0.29) is 0 Å². The lowest BCUT2D eigenvalue weighted by Gasteiger charge is -2.04. The summed E-state index contributed by atoms with van der Waals surface area (Å²) in [5, 5.41) is 0.722. The van der Waals surface area contributed by atoms with E-state index >= 15 is 0 Å². The monoisotopic (exact) mass is 278 g/mol. The SMILES string of the molecule is CC#COc1cc(CBr)cc(OC#CC)c1. The highest BCUT2D eigenvalue weighted by molar-refractivity contribution is 9.08. The van der Waals surface area contributed by atoms with Gasteiger partial charge in [-0.25, -0.2) is 0 Å². The second kappa shape index (κ2) is 6.82. The summed E-state index contributed by atoms with van der Waals surface area (Å²) in [6.07, 6.45) is 5.08. The van der Waals surface area contributed by atoms with Crippen LogP contribution in [0.3, 0.4) is 0 Å². The largest absolute Gasteiger partial charge is 0.407 e. The van der Waals surface area contributed by atoms with Crippen molar-refractivity contribution < 1.29 is 9.47 Å². The van der Waals surface area contributed by atoms with Crippen LogP contribution in [0.1, 0.15) is 19.4 Å². The van der Waals surface area contributed by atoms with Crippen LogP contribution in [-0.4, -0.2) is 0 Å². The average Bonchev–Trinajstić information content (AvgIpc) is 2.33. The Morgan fingerprint density at radius 1 is 1.00 bits per heavy atom. The van der Waals surface area contributed by atoms with E-state index in [0.29, 0.717) is 11.5 Å². The molecule has 2 nitrogen and oxygen atoms in total. The Kier molecular flexibility index (Phi) is 5.32. The van der Waals surface area contributed by atoms with Gasteiger partial charge in [-0.2, -0.15) is 0 Å². The van der Waals surface area contributed by atoms with Gasteiger partial charge in [-0.05, 0) is 17.7 Å². The van der Waals surface area contributed by atoms with Crippen molar-refractivity contribution in [2.75, 3.05) is 0 Å². The number of rotatable bonds is 3. The van der Waals surface area contributed by atoms with Crippen molar-refractivity contribution >= 4 is 15.9 Å². The summed E-state index contributed by atoms with van der Waals surface area (Å²) in [5.41, 5.74) is 1.04. The van der Waals surface area contributed by atoms with E-state index in [4.69, 9.17) is 9.47 Å². The van der Waals surface area contributed by atoms with E-state index in [0.717, 1.165) is 10.9 Å². The molecule has 0 unspecified atom stereocenters. The third-order valence-corrected chi connectivity index (χ3v) is 2.28. The molecule has 16 heavy (non-hydrogen) atoms. The van der Waals surface area contributed by atoms with Crippen LogP contribution in [-0.2, 0) is 5.33 Å². The van der Waals surface area contributed by atoms with Gasteiger partial charge in [0.25, 0.3) is 0 Å². The summed E-state index contributed by atoms with van der Waals surface area (Å²) < 4.78 is 10.4. The van der Waals surface area contributed by atoms with Crippen molar-refractivity contribution in [2.45, 2.75) is 19.2 Å². The van der Waals surface area contributed by atoms with Gasteiger partial charge in [-0.1, -0.05) is 27.8 Å². The second-order valence-electron chi connectivity index (χ2n) is 2.85. The second-order valence-corrected chi connectivity index (χ2v) is 3.42. The van der Waals surface area contributed by atoms with Crippen molar-refractivity contribution in [1.29, 1.82) is 0 Å². The highest BCUT2D eigenvalue weighted by Crippen LogP contribution is 2.24. The lowest BCUT2D eigenvalue weighted by Crippen LogP contribution is -1.89. The zero-order chi connectivity index (χ0) is 11.8. The fraction of sp³-hybridized carbons (Fsp3) is 0.231. The summed E-state index contributed by atoms with van der Waals surface area (Å²) in [4.78, 5) is 0. The van der Waals surface area contributed by atoms with Crippen LogP contribution in [0, 0.1) is 24.1 Å². The van der Waals surface area contributed by atoms with Gasteiger partial charge in [0, 0.05) is 25.2 Å². The van der Waals surface area contributed by atoms with Crippen LogP contribution in [0.2, 0.25) is 0 Å². The van der Waals surface area contributed by atoms with Gasteiger partial charge >= 0.3 is 0 Å². The van der Waals surface area contributed by atoms with Crippen molar-refractivity contribution in [1.82, 2.24) is 0 Å². The highest BCUT2D eigenvalue weighted by atomic mass is 79.9. The number of hydrogen-bond acceptors (Lipinski definition) is 2. The molecule has 82 valence electrons. The quantitative estimate of drug-likeness (QED) is 0.624. The third kappa shape index (κ3) is 3.88. The predicted molar refractivity (Wildman–Crippen MR) is 67.2 cm³/mol. The minimum Gasteiger partial charge on any atom is -0.407 e. The molecule has 1 rings (SSSR count). The highest BCUT2D eigenvalue weighted by Gasteiger charge is 2.01. The summed E-state index contributed by atoms with van der Waals surface area (Å²) in [6.45, 7) is 3.43. The number of hydrogen-bond donors (Lipinski definition) is 0. The molecule has 0 bridgehead atoms. The fourth-order valence-electron chi connectivity index (χ4n) is 1.05. The first-order valence-electron chi connectivity index (χ1n) is 4.67. The molecule has 0 heterocycles. The maximum Gasteiger partial charge on any atom is 0.144 e. The van der Waals surface area contributed by atoms with Crippen molar-refractivity contribution in [2.24, 2.45) is 0 Å². The fourth-order valence-corrected chi connectivity index (χ4v) is 1.37. The molecule has 0 fully saturated rings. The first kappa shape index (κ1) is 12.5. The molecule has 0 atom stereocenters. The molecule has 0 saturated heterocycles. The van der Waals surface area contributed by atoms with Gasteiger partial charge in [0.15, 0.2) is 0 Å². The lowest BCUT2D eigenvalue weighted by molar-refractivity contribution is 0.494. The smallest absolute Gasteiger partial charge is 0.144 e. The summed E-state index contributed by atoms with van der Waals surface area (Å²) in [5.74, 6) is 6.63. The summed E-state index contributed by atoms with van der Waals surface area (Å²) in [6, 6.07) is 5.54. The van der Waals surface area contributed by atoms with Crippen LogP contribution >= 0.6 is 15.9 Å². The lowest BCUT2D eigenvalue weighted by atomic mass is 10.2. The molecule has 1 aromatic carbocycles. The molecule has 0 radical (unpaired) electrons. The van der Waals surface area contributed by atoms with Gasteiger partial charge in [0.1, 0.15) is 23.7 Å². The molecule has 0 aromatic heterocycles. The van der Waals surface area contributed by atoms with E-state index in [1.807, 2.05) is 12.1 Å². The Bertz CT molecular complexity index is 432. The molecular formula is C13H11BrO2. The molecule has 3 heteroatoms. The topological polar surface area (TPSA) is 18.5 Å². The molecule has 0 N–H and O–H groups in total. The summed E-state index contributed by atoms with van der Waals surface area (Å²) in [7, 11) is 0. The molecular weight excluding hydrogens is 268 g/mol. The zero-order valence-electron chi connectivity index (χ0n) is 9.13. The molecule has 0 aliphatic carbocycles. The number of ether oxygens (including phenoxy) is 2. The van der Waals surface area contributed by atoms with Crippen LogP contribution in [0.5, 0.6) is 11.5 Å². The number of alkyl halides is 1. The van der Waals surface area contributed by atoms with E-state index in [2.05, 4.69) is 40.0 Å². The van der Waals surface area contributed by atoms with Crippen molar-refractivity contribution in [3.63, 3.8) is 0 Å².